The molecule has 24 heavy (non-hydrogen) atoms. The largest absolute Gasteiger partial charge is 0.496 e. The van der Waals surface area contributed by atoms with Gasteiger partial charge in [-0.2, -0.15) is 0 Å². The first-order valence-corrected chi connectivity index (χ1v) is 7.87. The molecule has 0 saturated carbocycles. The molecule has 2 atom stereocenters. The molecule has 2 aromatic carbocycles. The highest BCUT2D eigenvalue weighted by atomic mass is 19.1. The third kappa shape index (κ3) is 4.55. The average molecular weight is 330 g/mol. The molecule has 0 bridgehead atoms. The number of anilines is 1. The van der Waals surface area contributed by atoms with E-state index >= 15 is 0 Å². The second-order valence-electron chi connectivity index (χ2n) is 5.86. The Morgan fingerprint density at radius 1 is 1.17 bits per heavy atom. The molecule has 128 valence electrons. The van der Waals surface area contributed by atoms with Crippen molar-refractivity contribution in [3.63, 3.8) is 0 Å². The highest BCUT2D eigenvalue weighted by Gasteiger charge is 2.19. The van der Waals surface area contributed by atoms with E-state index in [2.05, 4.69) is 10.6 Å². The fraction of sp³-hybridized carbons (Fsp3) is 0.316. The maximum Gasteiger partial charge on any atom is 0.241 e. The van der Waals surface area contributed by atoms with Crippen LogP contribution in [0.25, 0.3) is 0 Å². The predicted octanol–water partition coefficient (Wildman–Crippen LogP) is 3.82. The number of halogens is 1. The highest BCUT2D eigenvalue weighted by Crippen LogP contribution is 2.26. The molecular weight excluding hydrogens is 307 g/mol. The maximum absolute atomic E-state index is 13.2. The topological polar surface area (TPSA) is 50.4 Å². The lowest BCUT2D eigenvalue weighted by Crippen LogP contribution is -2.39. The monoisotopic (exact) mass is 330 g/mol. The van der Waals surface area contributed by atoms with Crippen LogP contribution in [0.1, 0.15) is 31.0 Å². The van der Waals surface area contributed by atoms with Crippen LogP contribution in [0.5, 0.6) is 5.75 Å². The number of carbonyl (C=O) groups excluding carboxylic acids is 1. The summed E-state index contributed by atoms with van der Waals surface area (Å²) in [6, 6.07) is 11.2. The summed E-state index contributed by atoms with van der Waals surface area (Å²) in [5, 5.41) is 5.95. The predicted molar refractivity (Wildman–Crippen MR) is 93.8 cm³/mol. The molecule has 5 heteroatoms. The summed E-state index contributed by atoms with van der Waals surface area (Å²) >= 11 is 0. The van der Waals surface area contributed by atoms with E-state index in [1.807, 2.05) is 32.0 Å². The van der Waals surface area contributed by atoms with Gasteiger partial charge in [0.05, 0.1) is 13.2 Å². The van der Waals surface area contributed by atoms with Gasteiger partial charge in [-0.25, -0.2) is 4.39 Å². The van der Waals surface area contributed by atoms with Crippen molar-refractivity contribution in [3.8, 4) is 5.75 Å². The quantitative estimate of drug-likeness (QED) is 0.846. The average Bonchev–Trinajstić information content (AvgIpc) is 2.54. The molecule has 1 amide bonds. The Balaban J connectivity index is 2.04. The number of hydrogen-bond acceptors (Lipinski definition) is 3. The van der Waals surface area contributed by atoms with Crippen molar-refractivity contribution in [1.82, 2.24) is 5.32 Å². The molecule has 0 heterocycles. The Hall–Kier alpha value is -2.40. The van der Waals surface area contributed by atoms with Gasteiger partial charge in [0.1, 0.15) is 11.6 Å². The summed E-state index contributed by atoms with van der Waals surface area (Å²) in [6.07, 6.45) is 0. The third-order valence-corrected chi connectivity index (χ3v) is 3.84. The molecule has 0 saturated heterocycles. The molecule has 0 radical (unpaired) electrons. The molecule has 0 spiro atoms. The van der Waals surface area contributed by atoms with Gasteiger partial charge in [0, 0.05) is 17.3 Å². The lowest BCUT2D eigenvalue weighted by atomic mass is 10.0. The van der Waals surface area contributed by atoms with Crippen LogP contribution in [-0.2, 0) is 4.79 Å². The lowest BCUT2D eigenvalue weighted by Gasteiger charge is -2.22. The molecule has 0 fully saturated rings. The van der Waals surface area contributed by atoms with Crippen molar-refractivity contribution in [2.75, 3.05) is 12.4 Å². The zero-order valence-electron chi connectivity index (χ0n) is 14.4. The molecular formula is C19H23FN2O2. The van der Waals surface area contributed by atoms with Gasteiger partial charge in [0.15, 0.2) is 0 Å². The van der Waals surface area contributed by atoms with Crippen LogP contribution < -0.4 is 15.4 Å². The minimum absolute atomic E-state index is 0.0758. The number of nitrogens with one attached hydrogen (secondary N) is 2. The number of amides is 1. The van der Waals surface area contributed by atoms with E-state index < -0.39 is 6.04 Å². The van der Waals surface area contributed by atoms with Crippen molar-refractivity contribution in [1.29, 1.82) is 0 Å². The van der Waals surface area contributed by atoms with Crippen LogP contribution in [0, 0.1) is 12.7 Å². The van der Waals surface area contributed by atoms with E-state index in [9.17, 15) is 9.18 Å². The summed E-state index contributed by atoms with van der Waals surface area (Å²) in [5.41, 5.74) is 2.55. The van der Waals surface area contributed by atoms with Crippen molar-refractivity contribution >= 4 is 11.6 Å². The van der Waals surface area contributed by atoms with Crippen LogP contribution in [-0.4, -0.2) is 19.1 Å². The SMILES string of the molecule is COc1ccc(C)cc1C(C)NC(C)C(=O)Nc1cccc(F)c1. The summed E-state index contributed by atoms with van der Waals surface area (Å²) in [6.45, 7) is 5.76. The smallest absolute Gasteiger partial charge is 0.241 e. The maximum atomic E-state index is 13.2. The van der Waals surface area contributed by atoms with Crippen LogP contribution >= 0.6 is 0 Å². The Morgan fingerprint density at radius 2 is 1.92 bits per heavy atom. The number of benzene rings is 2. The van der Waals surface area contributed by atoms with Gasteiger partial charge in [0.25, 0.3) is 0 Å². The first-order chi connectivity index (χ1) is 11.4. The fourth-order valence-corrected chi connectivity index (χ4v) is 2.55. The van der Waals surface area contributed by atoms with E-state index in [0.29, 0.717) is 5.69 Å². The van der Waals surface area contributed by atoms with Crippen molar-refractivity contribution in [2.45, 2.75) is 32.9 Å². The van der Waals surface area contributed by atoms with Crippen molar-refractivity contribution in [3.05, 3.63) is 59.4 Å². The van der Waals surface area contributed by atoms with Gasteiger partial charge in [0.2, 0.25) is 5.91 Å². The van der Waals surface area contributed by atoms with Crippen LogP contribution in [0.2, 0.25) is 0 Å². The summed E-state index contributed by atoms with van der Waals surface area (Å²) in [4.78, 5) is 12.3. The van der Waals surface area contributed by atoms with Crippen molar-refractivity contribution < 1.29 is 13.9 Å². The van der Waals surface area contributed by atoms with E-state index in [1.165, 1.54) is 12.1 Å². The molecule has 0 aliphatic heterocycles. The lowest BCUT2D eigenvalue weighted by molar-refractivity contribution is -0.117. The second-order valence-corrected chi connectivity index (χ2v) is 5.86. The highest BCUT2D eigenvalue weighted by molar-refractivity contribution is 5.94. The van der Waals surface area contributed by atoms with E-state index in [-0.39, 0.29) is 17.8 Å². The molecule has 0 aliphatic carbocycles. The number of methoxy groups -OCH3 is 1. The van der Waals surface area contributed by atoms with Gasteiger partial charge in [-0.15, -0.1) is 0 Å². The van der Waals surface area contributed by atoms with E-state index in [1.54, 1.807) is 26.2 Å². The van der Waals surface area contributed by atoms with E-state index in [0.717, 1.165) is 16.9 Å². The third-order valence-electron chi connectivity index (χ3n) is 3.84. The van der Waals surface area contributed by atoms with Crippen LogP contribution in [0.15, 0.2) is 42.5 Å². The molecule has 0 aromatic heterocycles. The van der Waals surface area contributed by atoms with Gasteiger partial charge in [-0.05, 0) is 45.0 Å². The molecule has 2 rings (SSSR count). The summed E-state index contributed by atoms with van der Waals surface area (Å²) < 4.78 is 18.6. The van der Waals surface area contributed by atoms with Gasteiger partial charge in [-0.3, -0.25) is 10.1 Å². The van der Waals surface area contributed by atoms with Crippen LogP contribution in [0.3, 0.4) is 0 Å². The Labute approximate surface area is 142 Å². The Bertz CT molecular complexity index is 718. The first-order valence-electron chi connectivity index (χ1n) is 7.87. The van der Waals surface area contributed by atoms with Crippen LogP contribution in [0.4, 0.5) is 10.1 Å². The summed E-state index contributed by atoms with van der Waals surface area (Å²) in [5.74, 6) is 0.170. The van der Waals surface area contributed by atoms with Crippen molar-refractivity contribution in [2.24, 2.45) is 0 Å². The second kappa shape index (κ2) is 7.93. The number of rotatable bonds is 6. The molecule has 0 aliphatic rings. The Morgan fingerprint density at radius 3 is 2.58 bits per heavy atom. The normalized spacial score (nSPS) is 13.2. The van der Waals surface area contributed by atoms with E-state index in [4.69, 9.17) is 4.74 Å². The minimum Gasteiger partial charge on any atom is -0.496 e. The molecule has 2 N–H and O–H groups in total. The standard InChI is InChI=1S/C19H23FN2O2/c1-12-8-9-18(24-4)17(10-12)13(2)21-14(3)19(23)22-16-7-5-6-15(20)11-16/h5-11,13-14,21H,1-4H3,(H,22,23). The van der Waals surface area contributed by atoms with Gasteiger partial charge < -0.3 is 10.1 Å². The number of aryl methyl sites for hydroxylation is 1. The number of hydrogen-bond donors (Lipinski definition) is 2. The van der Waals surface area contributed by atoms with Gasteiger partial charge >= 0.3 is 0 Å². The summed E-state index contributed by atoms with van der Waals surface area (Å²) in [7, 11) is 1.63. The zero-order chi connectivity index (χ0) is 17.7. The molecule has 2 unspecified atom stereocenters. The molecule has 4 nitrogen and oxygen atoms in total. The minimum atomic E-state index is -0.450. The number of carbonyl (C=O) groups is 1. The number of ether oxygens (including phenoxy) is 1. The zero-order valence-corrected chi connectivity index (χ0v) is 14.4. The first kappa shape index (κ1) is 17.9. The fourth-order valence-electron chi connectivity index (χ4n) is 2.55. The molecule has 2 aromatic rings. The Kier molecular flexibility index (Phi) is 5.93. The van der Waals surface area contributed by atoms with Gasteiger partial charge in [-0.1, -0.05) is 23.8 Å².